The Bertz CT molecular complexity index is 153. The molecule has 0 amide bonds. The Balaban J connectivity index is 2.00. The van der Waals surface area contributed by atoms with Crippen LogP contribution >= 0.6 is 12.6 Å². The molecule has 1 aliphatic carbocycles. The summed E-state index contributed by atoms with van der Waals surface area (Å²) in [7, 11) is 0. The Morgan fingerprint density at radius 3 is 2.47 bits per heavy atom. The van der Waals surface area contributed by atoms with Gasteiger partial charge in [-0.2, -0.15) is 12.6 Å². The molecular weight excluding hydrogens is 204 g/mol. The SMILES string of the molecule is CCCC(S)CCCC1CCC(O)CC1. The van der Waals surface area contributed by atoms with Gasteiger partial charge in [0.15, 0.2) is 0 Å². The van der Waals surface area contributed by atoms with Gasteiger partial charge in [-0.05, 0) is 44.4 Å². The van der Waals surface area contributed by atoms with E-state index >= 15 is 0 Å². The van der Waals surface area contributed by atoms with Crippen LogP contribution in [0, 0.1) is 5.92 Å². The van der Waals surface area contributed by atoms with E-state index in [1.807, 2.05) is 0 Å². The van der Waals surface area contributed by atoms with Crippen molar-refractivity contribution < 1.29 is 5.11 Å². The summed E-state index contributed by atoms with van der Waals surface area (Å²) in [4.78, 5) is 0. The summed E-state index contributed by atoms with van der Waals surface area (Å²) >= 11 is 4.58. The van der Waals surface area contributed by atoms with E-state index in [0.717, 1.165) is 18.8 Å². The summed E-state index contributed by atoms with van der Waals surface area (Å²) in [6.45, 7) is 2.23. The molecule has 0 bridgehead atoms. The lowest BCUT2D eigenvalue weighted by Crippen LogP contribution is -2.18. The highest BCUT2D eigenvalue weighted by atomic mass is 32.1. The van der Waals surface area contributed by atoms with Crippen LogP contribution in [0.5, 0.6) is 0 Å². The minimum absolute atomic E-state index is 0.000955. The van der Waals surface area contributed by atoms with Crippen LogP contribution in [0.25, 0.3) is 0 Å². The molecule has 90 valence electrons. The zero-order chi connectivity index (χ0) is 11.1. The number of aliphatic hydroxyl groups is 1. The summed E-state index contributed by atoms with van der Waals surface area (Å²) in [6, 6.07) is 0. The molecule has 0 heterocycles. The van der Waals surface area contributed by atoms with Crippen molar-refractivity contribution in [2.24, 2.45) is 5.92 Å². The number of thiol groups is 1. The van der Waals surface area contributed by atoms with Crippen LogP contribution in [0.15, 0.2) is 0 Å². The maximum atomic E-state index is 9.40. The summed E-state index contributed by atoms with van der Waals surface area (Å²) < 4.78 is 0. The lowest BCUT2D eigenvalue weighted by Gasteiger charge is -2.25. The maximum Gasteiger partial charge on any atom is 0.0540 e. The number of aliphatic hydroxyl groups excluding tert-OH is 1. The minimum atomic E-state index is -0.000955. The molecule has 0 spiro atoms. The predicted molar refractivity (Wildman–Crippen MR) is 69.5 cm³/mol. The maximum absolute atomic E-state index is 9.40. The Morgan fingerprint density at radius 2 is 1.87 bits per heavy atom. The molecule has 0 saturated heterocycles. The highest BCUT2D eigenvalue weighted by Gasteiger charge is 2.18. The average Bonchev–Trinajstić information content (AvgIpc) is 2.21. The molecule has 1 unspecified atom stereocenters. The van der Waals surface area contributed by atoms with Crippen LogP contribution in [-0.4, -0.2) is 16.5 Å². The third-order valence-electron chi connectivity index (χ3n) is 3.59. The second-order valence-corrected chi connectivity index (χ2v) is 5.78. The first kappa shape index (κ1) is 13.4. The van der Waals surface area contributed by atoms with Crippen molar-refractivity contribution in [2.75, 3.05) is 0 Å². The van der Waals surface area contributed by atoms with Crippen LogP contribution in [0.1, 0.15) is 64.7 Å². The van der Waals surface area contributed by atoms with E-state index in [9.17, 15) is 5.11 Å². The van der Waals surface area contributed by atoms with Gasteiger partial charge in [0.1, 0.15) is 0 Å². The monoisotopic (exact) mass is 230 g/mol. The van der Waals surface area contributed by atoms with E-state index in [2.05, 4.69) is 19.6 Å². The molecule has 0 aromatic carbocycles. The van der Waals surface area contributed by atoms with Crippen molar-refractivity contribution in [3.63, 3.8) is 0 Å². The quantitative estimate of drug-likeness (QED) is 0.665. The van der Waals surface area contributed by atoms with Gasteiger partial charge in [-0.25, -0.2) is 0 Å². The standard InChI is InChI=1S/C13H26OS/c1-2-4-13(15)6-3-5-11-7-9-12(14)10-8-11/h11-15H,2-10H2,1H3. The van der Waals surface area contributed by atoms with Crippen LogP contribution in [0.4, 0.5) is 0 Å². The summed E-state index contributed by atoms with van der Waals surface area (Å²) in [5, 5.41) is 10.0. The first-order valence-corrected chi connectivity index (χ1v) is 7.10. The van der Waals surface area contributed by atoms with E-state index in [1.165, 1.54) is 44.9 Å². The van der Waals surface area contributed by atoms with Crippen molar-refractivity contribution in [1.82, 2.24) is 0 Å². The van der Waals surface area contributed by atoms with Gasteiger partial charge in [0, 0.05) is 5.25 Å². The highest BCUT2D eigenvalue weighted by Crippen LogP contribution is 2.28. The Labute approximate surface area is 100 Å². The number of hydrogen-bond acceptors (Lipinski definition) is 2. The average molecular weight is 230 g/mol. The predicted octanol–water partition coefficient (Wildman–Crippen LogP) is 3.81. The lowest BCUT2D eigenvalue weighted by molar-refractivity contribution is 0.106. The van der Waals surface area contributed by atoms with Crippen LogP contribution in [0.3, 0.4) is 0 Å². The molecular formula is C13H26OS. The largest absolute Gasteiger partial charge is 0.393 e. The molecule has 1 aliphatic rings. The smallest absolute Gasteiger partial charge is 0.0540 e. The molecule has 0 aromatic rings. The van der Waals surface area contributed by atoms with Crippen LogP contribution in [0.2, 0.25) is 0 Å². The lowest BCUT2D eigenvalue weighted by atomic mass is 9.84. The third-order valence-corrected chi connectivity index (χ3v) is 4.10. The normalized spacial score (nSPS) is 29.0. The van der Waals surface area contributed by atoms with Crippen molar-refractivity contribution in [3.05, 3.63) is 0 Å². The Hall–Kier alpha value is 0.310. The minimum Gasteiger partial charge on any atom is -0.393 e. The molecule has 1 atom stereocenters. The molecule has 1 saturated carbocycles. The fraction of sp³-hybridized carbons (Fsp3) is 1.00. The Kier molecular flexibility index (Phi) is 6.74. The molecule has 2 heteroatoms. The van der Waals surface area contributed by atoms with Crippen LogP contribution < -0.4 is 0 Å². The molecule has 1 fully saturated rings. The van der Waals surface area contributed by atoms with Crippen LogP contribution in [-0.2, 0) is 0 Å². The van der Waals surface area contributed by atoms with E-state index in [4.69, 9.17) is 0 Å². The second kappa shape index (κ2) is 7.56. The summed E-state index contributed by atoms with van der Waals surface area (Å²) in [5.41, 5.74) is 0. The van der Waals surface area contributed by atoms with Gasteiger partial charge in [-0.3, -0.25) is 0 Å². The van der Waals surface area contributed by atoms with Gasteiger partial charge in [-0.1, -0.05) is 26.2 Å². The zero-order valence-corrected chi connectivity index (χ0v) is 10.9. The van der Waals surface area contributed by atoms with Gasteiger partial charge in [0.25, 0.3) is 0 Å². The van der Waals surface area contributed by atoms with Gasteiger partial charge in [0.2, 0.25) is 0 Å². The van der Waals surface area contributed by atoms with E-state index in [0.29, 0.717) is 5.25 Å². The molecule has 15 heavy (non-hydrogen) atoms. The molecule has 0 radical (unpaired) electrons. The first-order chi connectivity index (χ1) is 7.22. The fourth-order valence-electron chi connectivity index (χ4n) is 2.55. The van der Waals surface area contributed by atoms with Gasteiger partial charge >= 0.3 is 0 Å². The summed E-state index contributed by atoms with van der Waals surface area (Å²) in [6.07, 6.45) is 11.0. The van der Waals surface area contributed by atoms with E-state index in [1.54, 1.807) is 0 Å². The molecule has 1 rings (SSSR count). The van der Waals surface area contributed by atoms with Crippen molar-refractivity contribution in [1.29, 1.82) is 0 Å². The molecule has 0 aromatic heterocycles. The van der Waals surface area contributed by atoms with E-state index in [-0.39, 0.29) is 6.10 Å². The number of rotatable bonds is 6. The van der Waals surface area contributed by atoms with Gasteiger partial charge in [0.05, 0.1) is 6.10 Å². The Morgan fingerprint density at radius 1 is 1.20 bits per heavy atom. The number of hydrogen-bond donors (Lipinski definition) is 2. The van der Waals surface area contributed by atoms with Crippen molar-refractivity contribution in [3.8, 4) is 0 Å². The molecule has 1 nitrogen and oxygen atoms in total. The molecule has 0 aliphatic heterocycles. The van der Waals surface area contributed by atoms with Crippen molar-refractivity contribution in [2.45, 2.75) is 76.1 Å². The highest BCUT2D eigenvalue weighted by molar-refractivity contribution is 7.80. The van der Waals surface area contributed by atoms with Gasteiger partial charge in [-0.15, -0.1) is 0 Å². The summed E-state index contributed by atoms with van der Waals surface area (Å²) in [5.74, 6) is 0.885. The van der Waals surface area contributed by atoms with E-state index < -0.39 is 0 Å². The third kappa shape index (κ3) is 5.82. The van der Waals surface area contributed by atoms with Crippen molar-refractivity contribution >= 4 is 12.6 Å². The topological polar surface area (TPSA) is 20.2 Å². The fourth-order valence-corrected chi connectivity index (χ4v) is 2.99. The first-order valence-electron chi connectivity index (χ1n) is 6.58. The second-order valence-electron chi connectivity index (χ2n) is 5.05. The van der Waals surface area contributed by atoms with Gasteiger partial charge < -0.3 is 5.11 Å². The zero-order valence-electron chi connectivity index (χ0n) is 9.99. The molecule has 1 N–H and O–H groups in total.